The molecule has 0 heterocycles. The molecule has 0 aliphatic rings. The van der Waals surface area contributed by atoms with Crippen LogP contribution in [0.4, 0.5) is 5.69 Å². The Hall–Kier alpha value is -1.26. The van der Waals surface area contributed by atoms with E-state index in [1.165, 1.54) is 0 Å². The fourth-order valence-electron chi connectivity index (χ4n) is 1.34. The van der Waals surface area contributed by atoms with Crippen LogP contribution in [0.3, 0.4) is 0 Å². The number of hydrogen-bond donors (Lipinski definition) is 2. The number of nitrogens with one attached hydrogen (secondary N) is 1. The molecule has 0 radical (unpaired) electrons. The molecule has 18 heavy (non-hydrogen) atoms. The number of ether oxygens (including phenoxy) is 1. The minimum atomic E-state index is -0.484. The maximum atomic E-state index is 11.7. The van der Waals surface area contributed by atoms with Crippen LogP contribution in [0.5, 0.6) is 5.75 Å². The SMILES string of the molecule is CC[C@H](N)C(=O)Nc1ccccc1OC(C)C.Cl. The van der Waals surface area contributed by atoms with E-state index in [0.29, 0.717) is 17.9 Å². The third-order valence-corrected chi connectivity index (χ3v) is 2.28. The number of hydrogen-bond acceptors (Lipinski definition) is 3. The van der Waals surface area contributed by atoms with Crippen LogP contribution >= 0.6 is 12.4 Å². The third kappa shape index (κ3) is 4.94. The summed E-state index contributed by atoms with van der Waals surface area (Å²) in [6, 6.07) is 6.86. The zero-order valence-corrected chi connectivity index (χ0v) is 11.8. The van der Waals surface area contributed by atoms with Crippen LogP contribution in [0.2, 0.25) is 0 Å². The Labute approximate surface area is 114 Å². The molecule has 4 nitrogen and oxygen atoms in total. The highest BCUT2D eigenvalue weighted by Gasteiger charge is 2.13. The van der Waals surface area contributed by atoms with Crippen molar-refractivity contribution in [2.45, 2.75) is 39.3 Å². The number of halogens is 1. The van der Waals surface area contributed by atoms with Crippen LogP contribution in [0.15, 0.2) is 24.3 Å². The van der Waals surface area contributed by atoms with Crippen molar-refractivity contribution in [2.24, 2.45) is 5.73 Å². The van der Waals surface area contributed by atoms with E-state index in [1.54, 1.807) is 6.07 Å². The molecule has 0 saturated carbocycles. The lowest BCUT2D eigenvalue weighted by Crippen LogP contribution is -2.34. The molecule has 0 fully saturated rings. The van der Waals surface area contributed by atoms with Gasteiger partial charge in [0.15, 0.2) is 0 Å². The summed E-state index contributed by atoms with van der Waals surface area (Å²) in [5.41, 5.74) is 6.32. The fourth-order valence-corrected chi connectivity index (χ4v) is 1.34. The standard InChI is InChI=1S/C13H20N2O2.ClH/c1-4-10(14)13(16)15-11-7-5-6-8-12(11)17-9(2)3;/h5-10H,4,14H2,1-3H3,(H,15,16);1H/t10-;/m0./s1. The second-order valence-electron chi connectivity index (χ2n) is 4.17. The van der Waals surface area contributed by atoms with Crippen molar-refractivity contribution >= 4 is 24.0 Å². The quantitative estimate of drug-likeness (QED) is 0.866. The maximum Gasteiger partial charge on any atom is 0.241 e. The molecule has 1 aromatic rings. The average Bonchev–Trinajstić information content (AvgIpc) is 2.29. The Kier molecular flexibility index (Phi) is 7.39. The largest absolute Gasteiger partial charge is 0.489 e. The van der Waals surface area contributed by atoms with E-state index in [1.807, 2.05) is 39.0 Å². The summed E-state index contributed by atoms with van der Waals surface area (Å²) >= 11 is 0. The summed E-state index contributed by atoms with van der Waals surface area (Å²) in [5, 5.41) is 2.78. The van der Waals surface area contributed by atoms with Gasteiger partial charge in [0.25, 0.3) is 0 Å². The molecule has 1 amide bonds. The van der Waals surface area contributed by atoms with Gasteiger partial charge in [-0.25, -0.2) is 0 Å². The van der Waals surface area contributed by atoms with Crippen molar-refractivity contribution in [1.82, 2.24) is 0 Å². The minimum Gasteiger partial charge on any atom is -0.489 e. The first-order valence-corrected chi connectivity index (χ1v) is 5.86. The van der Waals surface area contributed by atoms with E-state index in [-0.39, 0.29) is 24.4 Å². The van der Waals surface area contributed by atoms with Crippen molar-refractivity contribution < 1.29 is 9.53 Å². The highest BCUT2D eigenvalue weighted by atomic mass is 35.5. The van der Waals surface area contributed by atoms with Crippen molar-refractivity contribution in [3.63, 3.8) is 0 Å². The second-order valence-corrected chi connectivity index (χ2v) is 4.17. The molecule has 3 N–H and O–H groups in total. The highest BCUT2D eigenvalue weighted by molar-refractivity contribution is 5.95. The van der Waals surface area contributed by atoms with Gasteiger partial charge in [-0.3, -0.25) is 4.79 Å². The van der Waals surface area contributed by atoms with E-state index < -0.39 is 6.04 Å². The summed E-state index contributed by atoms with van der Waals surface area (Å²) < 4.78 is 5.60. The zero-order valence-electron chi connectivity index (χ0n) is 11.0. The van der Waals surface area contributed by atoms with Crippen LogP contribution in [-0.4, -0.2) is 18.1 Å². The molecule has 0 spiro atoms. The number of benzene rings is 1. The zero-order chi connectivity index (χ0) is 12.8. The van der Waals surface area contributed by atoms with Gasteiger partial charge in [-0.05, 0) is 32.4 Å². The van der Waals surface area contributed by atoms with Crippen molar-refractivity contribution in [3.8, 4) is 5.75 Å². The molecular weight excluding hydrogens is 252 g/mol. The van der Waals surface area contributed by atoms with Gasteiger partial charge in [-0.15, -0.1) is 12.4 Å². The minimum absolute atomic E-state index is 0. The molecule has 1 aromatic carbocycles. The van der Waals surface area contributed by atoms with Gasteiger partial charge in [0, 0.05) is 0 Å². The molecule has 5 heteroatoms. The van der Waals surface area contributed by atoms with Crippen molar-refractivity contribution in [3.05, 3.63) is 24.3 Å². The number of carbonyl (C=O) groups is 1. The Balaban J connectivity index is 0.00000289. The highest BCUT2D eigenvalue weighted by Crippen LogP contribution is 2.24. The van der Waals surface area contributed by atoms with Crippen LogP contribution in [0, 0.1) is 0 Å². The van der Waals surface area contributed by atoms with Gasteiger partial charge < -0.3 is 15.8 Å². The predicted molar refractivity (Wildman–Crippen MR) is 76.4 cm³/mol. The van der Waals surface area contributed by atoms with Crippen molar-refractivity contribution in [1.29, 1.82) is 0 Å². The average molecular weight is 273 g/mol. The maximum absolute atomic E-state index is 11.7. The second kappa shape index (κ2) is 7.95. The summed E-state index contributed by atoms with van der Waals surface area (Å²) in [4.78, 5) is 11.7. The lowest BCUT2D eigenvalue weighted by atomic mass is 10.2. The molecule has 0 unspecified atom stereocenters. The lowest BCUT2D eigenvalue weighted by Gasteiger charge is -2.16. The summed E-state index contributed by atoms with van der Waals surface area (Å²) in [6.45, 7) is 5.76. The van der Waals surface area contributed by atoms with Crippen LogP contribution in [-0.2, 0) is 4.79 Å². The first-order chi connectivity index (χ1) is 8.04. The molecule has 1 rings (SSSR count). The molecule has 0 aliphatic carbocycles. The van der Waals surface area contributed by atoms with E-state index in [9.17, 15) is 4.79 Å². The first kappa shape index (κ1) is 16.7. The Morgan fingerprint density at radius 2 is 2.00 bits per heavy atom. The molecular formula is C13H21ClN2O2. The van der Waals surface area contributed by atoms with Gasteiger partial charge in [0.05, 0.1) is 17.8 Å². The Morgan fingerprint density at radius 3 is 2.56 bits per heavy atom. The van der Waals surface area contributed by atoms with E-state index >= 15 is 0 Å². The van der Waals surface area contributed by atoms with E-state index in [0.717, 1.165) is 0 Å². The Morgan fingerprint density at radius 1 is 1.39 bits per heavy atom. The predicted octanol–water partition coefficient (Wildman–Crippen LogP) is 2.57. The number of carbonyl (C=O) groups excluding carboxylic acids is 1. The molecule has 0 bridgehead atoms. The van der Waals surface area contributed by atoms with Crippen molar-refractivity contribution in [2.75, 3.05) is 5.32 Å². The fraction of sp³-hybridized carbons (Fsp3) is 0.462. The Bertz CT molecular complexity index is 383. The normalized spacial score (nSPS) is 11.6. The van der Waals surface area contributed by atoms with Crippen LogP contribution in [0.1, 0.15) is 27.2 Å². The van der Waals surface area contributed by atoms with Gasteiger partial charge in [0.2, 0.25) is 5.91 Å². The van der Waals surface area contributed by atoms with Gasteiger partial charge in [-0.1, -0.05) is 19.1 Å². The molecule has 0 saturated heterocycles. The van der Waals surface area contributed by atoms with Gasteiger partial charge in [-0.2, -0.15) is 0 Å². The molecule has 0 aromatic heterocycles. The molecule has 1 atom stereocenters. The summed E-state index contributed by atoms with van der Waals surface area (Å²) in [7, 11) is 0. The number of para-hydroxylation sites is 2. The van der Waals surface area contributed by atoms with Gasteiger partial charge >= 0.3 is 0 Å². The number of rotatable bonds is 5. The molecule has 102 valence electrons. The summed E-state index contributed by atoms with van der Waals surface area (Å²) in [5.74, 6) is 0.478. The number of nitrogens with two attached hydrogens (primary N) is 1. The van der Waals surface area contributed by atoms with Gasteiger partial charge in [0.1, 0.15) is 5.75 Å². The third-order valence-electron chi connectivity index (χ3n) is 2.28. The van der Waals surface area contributed by atoms with E-state index in [2.05, 4.69) is 5.32 Å². The van der Waals surface area contributed by atoms with Crippen LogP contribution < -0.4 is 15.8 Å². The first-order valence-electron chi connectivity index (χ1n) is 5.86. The van der Waals surface area contributed by atoms with E-state index in [4.69, 9.17) is 10.5 Å². The smallest absolute Gasteiger partial charge is 0.241 e. The number of amides is 1. The monoisotopic (exact) mass is 272 g/mol. The topological polar surface area (TPSA) is 64.4 Å². The van der Waals surface area contributed by atoms with Crippen LogP contribution in [0.25, 0.3) is 0 Å². The summed E-state index contributed by atoms with van der Waals surface area (Å²) in [6.07, 6.45) is 0.673. The lowest BCUT2D eigenvalue weighted by molar-refractivity contribution is -0.117. The number of anilines is 1. The molecule has 0 aliphatic heterocycles.